The van der Waals surface area contributed by atoms with E-state index in [1.807, 2.05) is 60.7 Å². The largest absolute Gasteiger partial charge is 0.208 e. The Balaban J connectivity index is 1.41. The Morgan fingerprint density at radius 1 is 0.318 bits per heavy atom. The molecule has 6 aromatic carbocycles. The first-order chi connectivity index (χ1) is 21.7. The van der Waals surface area contributed by atoms with Gasteiger partial charge in [-0.25, -0.2) is 15.0 Å². The van der Waals surface area contributed by atoms with E-state index in [0.717, 1.165) is 21.2 Å². The molecule has 3 nitrogen and oxygen atoms in total. The van der Waals surface area contributed by atoms with E-state index in [-0.39, 0.29) is 0 Å². The van der Waals surface area contributed by atoms with Crippen LogP contribution < -0.4 is 20.7 Å². The van der Waals surface area contributed by atoms with Gasteiger partial charge in [0.15, 0.2) is 25.5 Å². The summed E-state index contributed by atoms with van der Waals surface area (Å²) in [5.74, 6) is 1.97. The van der Waals surface area contributed by atoms with Crippen LogP contribution in [0.15, 0.2) is 174 Å². The van der Waals surface area contributed by atoms with Crippen LogP contribution in [0.1, 0.15) is 0 Å². The molecule has 1 heterocycles. The third-order valence-corrected chi connectivity index (χ3v) is 13.3. The van der Waals surface area contributed by atoms with Crippen LogP contribution in [-0.2, 0) is 0 Å². The van der Waals surface area contributed by atoms with Crippen LogP contribution in [0.25, 0.3) is 34.2 Å². The third-order valence-electron chi connectivity index (χ3n) is 7.97. The first kappa shape index (κ1) is 27.8. The lowest BCUT2D eigenvalue weighted by Crippen LogP contribution is -2.74. The van der Waals surface area contributed by atoms with Crippen molar-refractivity contribution in [1.29, 1.82) is 0 Å². The molecule has 44 heavy (non-hydrogen) atoms. The smallest absolute Gasteiger partial charge is 0.179 e. The molecule has 0 unspecified atom stereocenters. The summed E-state index contributed by atoms with van der Waals surface area (Å²) >= 11 is 3.66. The number of aromatic nitrogens is 3. The highest BCUT2D eigenvalue weighted by atomic mass is 79.9. The standard InChI is InChI=1S/C39H28BrN3Si/c40-32-23-27-36(28-24-32)44(33-17-9-3-10-18-33,34-19-11-4-12-20-34)35-25-21-31(22-26-35)39-42-37(29-13-5-1-6-14-29)41-38(43-39)30-15-7-2-8-16-30/h1-28H. The summed E-state index contributed by atoms with van der Waals surface area (Å²) in [7, 11) is -2.65. The van der Waals surface area contributed by atoms with E-state index in [2.05, 4.69) is 125 Å². The first-order valence-corrected chi connectivity index (χ1v) is 17.4. The Morgan fingerprint density at radius 2 is 0.614 bits per heavy atom. The fourth-order valence-electron chi connectivity index (χ4n) is 5.88. The average molecular weight is 647 g/mol. The minimum absolute atomic E-state index is 0.652. The van der Waals surface area contributed by atoms with Crippen LogP contribution in [0, 0.1) is 0 Å². The lowest BCUT2D eigenvalue weighted by atomic mass is 10.1. The normalized spacial score (nSPS) is 11.3. The Morgan fingerprint density at radius 3 is 1.00 bits per heavy atom. The quantitative estimate of drug-likeness (QED) is 0.138. The van der Waals surface area contributed by atoms with Gasteiger partial charge in [0.25, 0.3) is 0 Å². The van der Waals surface area contributed by atoms with Gasteiger partial charge in [-0.05, 0) is 32.9 Å². The van der Waals surface area contributed by atoms with Crippen molar-refractivity contribution in [3.05, 3.63) is 174 Å². The summed E-state index contributed by atoms with van der Waals surface area (Å²) in [4.78, 5) is 14.8. The molecule has 0 spiro atoms. The van der Waals surface area contributed by atoms with Crippen LogP contribution in [0.2, 0.25) is 0 Å². The van der Waals surface area contributed by atoms with Gasteiger partial charge in [-0.2, -0.15) is 0 Å². The fourth-order valence-corrected chi connectivity index (χ4v) is 10.9. The number of benzene rings is 6. The van der Waals surface area contributed by atoms with E-state index in [4.69, 9.17) is 15.0 Å². The van der Waals surface area contributed by atoms with Crippen LogP contribution in [0.5, 0.6) is 0 Å². The second kappa shape index (κ2) is 12.3. The lowest BCUT2D eigenvalue weighted by Gasteiger charge is -2.34. The molecule has 0 fully saturated rings. The van der Waals surface area contributed by atoms with Crippen molar-refractivity contribution >= 4 is 44.8 Å². The van der Waals surface area contributed by atoms with Crippen molar-refractivity contribution in [2.24, 2.45) is 0 Å². The Bertz CT molecular complexity index is 1890. The lowest BCUT2D eigenvalue weighted by molar-refractivity contribution is 1.07. The highest BCUT2D eigenvalue weighted by molar-refractivity contribution is 9.10. The zero-order chi connectivity index (χ0) is 29.8. The molecule has 0 aliphatic carbocycles. The molecule has 0 aliphatic heterocycles. The summed E-state index contributed by atoms with van der Waals surface area (Å²) in [5.41, 5.74) is 2.87. The third kappa shape index (κ3) is 5.32. The SMILES string of the molecule is Brc1ccc([Si](c2ccccc2)(c2ccccc2)c2ccc(-c3nc(-c4ccccc4)nc(-c4ccccc4)n3)cc2)cc1. The van der Waals surface area contributed by atoms with Gasteiger partial charge in [-0.15, -0.1) is 0 Å². The van der Waals surface area contributed by atoms with Crippen LogP contribution in [-0.4, -0.2) is 23.0 Å². The second-order valence-corrected chi connectivity index (χ2v) is 15.3. The molecule has 0 saturated carbocycles. The van der Waals surface area contributed by atoms with Crippen LogP contribution in [0.3, 0.4) is 0 Å². The van der Waals surface area contributed by atoms with E-state index in [9.17, 15) is 0 Å². The highest BCUT2D eigenvalue weighted by Gasteiger charge is 2.41. The monoisotopic (exact) mass is 645 g/mol. The zero-order valence-electron chi connectivity index (χ0n) is 23.9. The van der Waals surface area contributed by atoms with Gasteiger partial charge in [-0.1, -0.05) is 174 Å². The molecule has 0 radical (unpaired) electrons. The molecule has 7 aromatic rings. The maximum atomic E-state index is 4.96. The molecule has 0 atom stereocenters. The van der Waals surface area contributed by atoms with Crippen LogP contribution in [0.4, 0.5) is 0 Å². The summed E-state index contributed by atoms with van der Waals surface area (Å²) in [6.45, 7) is 0. The second-order valence-electron chi connectivity index (χ2n) is 10.6. The number of hydrogen-bond acceptors (Lipinski definition) is 3. The van der Waals surface area contributed by atoms with Gasteiger partial charge in [0.2, 0.25) is 0 Å². The minimum atomic E-state index is -2.65. The number of halogens is 1. The molecular weight excluding hydrogens is 618 g/mol. The Kier molecular flexibility index (Phi) is 7.80. The van der Waals surface area contributed by atoms with E-state index in [0.29, 0.717) is 17.5 Å². The van der Waals surface area contributed by atoms with Crippen molar-refractivity contribution in [3.8, 4) is 34.2 Å². The average Bonchev–Trinajstić information content (AvgIpc) is 3.11. The molecule has 0 N–H and O–H groups in total. The topological polar surface area (TPSA) is 38.7 Å². The van der Waals surface area contributed by atoms with E-state index in [1.54, 1.807) is 0 Å². The molecule has 7 rings (SSSR count). The molecule has 0 amide bonds. The maximum Gasteiger partial charge on any atom is 0.179 e. The highest BCUT2D eigenvalue weighted by Crippen LogP contribution is 2.24. The van der Waals surface area contributed by atoms with Gasteiger partial charge < -0.3 is 0 Å². The molecular formula is C39H28BrN3Si. The molecule has 0 aliphatic rings. The predicted octanol–water partition coefficient (Wildman–Crippen LogP) is 7.01. The fraction of sp³-hybridized carbons (Fsp3) is 0. The molecule has 0 bridgehead atoms. The summed E-state index contributed by atoms with van der Waals surface area (Å²) in [6.07, 6.45) is 0. The molecule has 5 heteroatoms. The van der Waals surface area contributed by atoms with Crippen LogP contribution >= 0.6 is 15.9 Å². The number of hydrogen-bond donors (Lipinski definition) is 0. The molecule has 0 saturated heterocycles. The van der Waals surface area contributed by atoms with Gasteiger partial charge in [0, 0.05) is 21.2 Å². The van der Waals surface area contributed by atoms with Gasteiger partial charge in [-0.3, -0.25) is 0 Å². The summed E-state index contributed by atoms with van der Waals surface area (Å²) in [5, 5.41) is 5.28. The Hall–Kier alpha value is -4.97. The predicted molar refractivity (Wildman–Crippen MR) is 187 cm³/mol. The Labute approximate surface area is 267 Å². The number of rotatable bonds is 7. The minimum Gasteiger partial charge on any atom is -0.208 e. The van der Waals surface area contributed by atoms with Crippen molar-refractivity contribution in [3.63, 3.8) is 0 Å². The van der Waals surface area contributed by atoms with E-state index < -0.39 is 8.07 Å². The van der Waals surface area contributed by atoms with Crippen molar-refractivity contribution < 1.29 is 0 Å². The molecule has 210 valence electrons. The van der Waals surface area contributed by atoms with Crippen molar-refractivity contribution in [2.75, 3.05) is 0 Å². The van der Waals surface area contributed by atoms with Gasteiger partial charge >= 0.3 is 0 Å². The number of nitrogens with zero attached hydrogens (tertiary/aromatic N) is 3. The zero-order valence-corrected chi connectivity index (χ0v) is 26.5. The van der Waals surface area contributed by atoms with E-state index in [1.165, 1.54) is 20.7 Å². The van der Waals surface area contributed by atoms with Gasteiger partial charge in [0.05, 0.1) is 0 Å². The van der Waals surface area contributed by atoms with E-state index >= 15 is 0 Å². The van der Waals surface area contributed by atoms with Crippen molar-refractivity contribution in [2.45, 2.75) is 0 Å². The summed E-state index contributed by atoms with van der Waals surface area (Å²) in [6, 6.07) is 59.8. The molecule has 1 aromatic heterocycles. The first-order valence-electron chi connectivity index (χ1n) is 14.6. The summed E-state index contributed by atoms with van der Waals surface area (Å²) < 4.78 is 1.07. The van der Waals surface area contributed by atoms with Crippen molar-refractivity contribution in [1.82, 2.24) is 15.0 Å². The van der Waals surface area contributed by atoms with Gasteiger partial charge in [0.1, 0.15) is 0 Å². The maximum absolute atomic E-state index is 4.96.